The Labute approximate surface area is 157 Å². The van der Waals surface area contributed by atoms with Gasteiger partial charge in [0.25, 0.3) is 0 Å². The van der Waals surface area contributed by atoms with Crippen molar-refractivity contribution in [2.45, 2.75) is 38.3 Å². The van der Waals surface area contributed by atoms with Gasteiger partial charge in [-0.1, -0.05) is 19.4 Å². The number of hydrogen-bond donors (Lipinski definition) is 3. The fourth-order valence-electron chi connectivity index (χ4n) is 4.11. The second-order valence-corrected chi connectivity index (χ2v) is 7.24. The molecule has 2 fully saturated rings. The van der Waals surface area contributed by atoms with Crippen molar-refractivity contribution < 1.29 is 29.3 Å². The van der Waals surface area contributed by atoms with E-state index >= 15 is 0 Å². The van der Waals surface area contributed by atoms with Crippen LogP contribution < -0.4 is 10.1 Å². The highest BCUT2D eigenvalue weighted by molar-refractivity contribution is 6.09. The molecule has 146 valence electrons. The predicted molar refractivity (Wildman–Crippen MR) is 95.2 cm³/mol. The second-order valence-electron chi connectivity index (χ2n) is 7.24. The molecule has 0 aliphatic carbocycles. The first-order chi connectivity index (χ1) is 12.8. The zero-order chi connectivity index (χ0) is 19.9. The summed E-state index contributed by atoms with van der Waals surface area (Å²) < 4.78 is 5.07. The van der Waals surface area contributed by atoms with Gasteiger partial charge in [-0.25, -0.2) is 0 Å². The number of carbonyl (C=O) groups excluding carboxylic acids is 2. The van der Waals surface area contributed by atoms with Gasteiger partial charge in [0.15, 0.2) is 0 Å². The molecule has 0 radical (unpaired) electrons. The van der Waals surface area contributed by atoms with Crippen LogP contribution in [0.15, 0.2) is 18.2 Å². The lowest BCUT2D eigenvalue weighted by molar-refractivity contribution is -0.150. The summed E-state index contributed by atoms with van der Waals surface area (Å²) in [5.74, 6) is -3.65. The number of methoxy groups -OCH3 is 1. The lowest BCUT2D eigenvalue weighted by atomic mass is 9.80. The van der Waals surface area contributed by atoms with Crippen LogP contribution in [-0.4, -0.2) is 52.1 Å². The first-order valence-electron chi connectivity index (χ1n) is 8.99. The van der Waals surface area contributed by atoms with E-state index in [1.807, 2.05) is 6.92 Å². The number of imide groups is 1. The number of benzene rings is 1. The van der Waals surface area contributed by atoms with E-state index in [4.69, 9.17) is 4.74 Å². The maximum absolute atomic E-state index is 13.0. The number of nitrogens with zero attached hydrogens (tertiary/aromatic N) is 1. The number of fused-ring (bicyclic) bond motifs is 1. The molecule has 2 amide bonds. The largest absolute Gasteiger partial charge is 0.507 e. The molecule has 2 aliphatic rings. The van der Waals surface area contributed by atoms with Crippen LogP contribution in [0, 0.1) is 11.8 Å². The van der Waals surface area contributed by atoms with E-state index in [-0.39, 0.29) is 12.3 Å². The molecule has 0 saturated carbocycles. The van der Waals surface area contributed by atoms with Crippen LogP contribution in [0.25, 0.3) is 0 Å². The minimum absolute atomic E-state index is 0.118. The number of amides is 2. The van der Waals surface area contributed by atoms with Gasteiger partial charge in [0.2, 0.25) is 11.8 Å². The number of nitrogens with one attached hydrogen (secondary N) is 1. The first-order valence-corrected chi connectivity index (χ1v) is 8.99. The number of phenols is 1. The quantitative estimate of drug-likeness (QED) is 0.641. The fraction of sp³-hybridized carbons (Fsp3) is 0.526. The molecule has 2 saturated heterocycles. The number of carbonyl (C=O) groups is 3. The van der Waals surface area contributed by atoms with E-state index in [1.54, 1.807) is 12.1 Å². The van der Waals surface area contributed by atoms with Crippen LogP contribution in [0.4, 0.5) is 0 Å². The van der Waals surface area contributed by atoms with Crippen molar-refractivity contribution in [3.05, 3.63) is 23.8 Å². The molecule has 3 rings (SSSR count). The van der Waals surface area contributed by atoms with Crippen molar-refractivity contribution in [3.63, 3.8) is 0 Å². The van der Waals surface area contributed by atoms with Crippen molar-refractivity contribution >= 4 is 17.8 Å². The van der Waals surface area contributed by atoms with E-state index in [2.05, 4.69) is 5.32 Å². The molecule has 1 aromatic rings. The third kappa shape index (κ3) is 2.84. The monoisotopic (exact) mass is 376 g/mol. The van der Waals surface area contributed by atoms with Crippen LogP contribution >= 0.6 is 0 Å². The Kier molecular flexibility index (Phi) is 4.86. The molecule has 1 aromatic carbocycles. The normalized spacial score (nSPS) is 29.9. The van der Waals surface area contributed by atoms with Crippen LogP contribution in [-0.2, 0) is 14.4 Å². The fourth-order valence-corrected chi connectivity index (χ4v) is 4.11. The molecule has 2 aliphatic heterocycles. The van der Waals surface area contributed by atoms with Crippen LogP contribution in [0.3, 0.4) is 0 Å². The molecular weight excluding hydrogens is 352 g/mol. The summed E-state index contributed by atoms with van der Waals surface area (Å²) in [5, 5.41) is 23.1. The number of aliphatic carboxylic acids is 1. The summed E-state index contributed by atoms with van der Waals surface area (Å²) in [5.41, 5.74) is -1.23. The van der Waals surface area contributed by atoms with Gasteiger partial charge in [0, 0.05) is 24.2 Å². The van der Waals surface area contributed by atoms with Crippen molar-refractivity contribution in [2.75, 3.05) is 13.7 Å². The maximum Gasteiger partial charge on any atom is 0.324 e. The van der Waals surface area contributed by atoms with Gasteiger partial charge in [0.1, 0.15) is 17.0 Å². The van der Waals surface area contributed by atoms with Gasteiger partial charge < -0.3 is 14.9 Å². The van der Waals surface area contributed by atoms with Crippen molar-refractivity contribution in [1.29, 1.82) is 0 Å². The molecule has 8 heteroatoms. The molecule has 0 spiro atoms. The molecular formula is C19H24N2O6. The van der Waals surface area contributed by atoms with E-state index < -0.39 is 41.2 Å². The summed E-state index contributed by atoms with van der Waals surface area (Å²) in [6.07, 6.45) is 1.47. The van der Waals surface area contributed by atoms with Gasteiger partial charge in [-0.05, 0) is 19.4 Å². The van der Waals surface area contributed by atoms with Gasteiger partial charge in [-0.15, -0.1) is 0 Å². The van der Waals surface area contributed by atoms with Gasteiger partial charge in [0.05, 0.1) is 18.9 Å². The molecule has 27 heavy (non-hydrogen) atoms. The first kappa shape index (κ1) is 19.2. The summed E-state index contributed by atoms with van der Waals surface area (Å²) in [6, 6.07) is 3.82. The van der Waals surface area contributed by atoms with E-state index in [0.717, 1.165) is 6.42 Å². The number of hydrogen-bond acceptors (Lipinski definition) is 6. The molecule has 3 N–H and O–H groups in total. The highest BCUT2D eigenvalue weighted by atomic mass is 16.5. The summed E-state index contributed by atoms with van der Waals surface area (Å²) >= 11 is 0. The highest BCUT2D eigenvalue weighted by Gasteiger charge is 2.66. The number of likely N-dealkylation sites (tertiary alicyclic amines) is 1. The van der Waals surface area contributed by atoms with E-state index in [9.17, 15) is 24.6 Å². The maximum atomic E-state index is 13.0. The lowest BCUT2D eigenvalue weighted by Crippen LogP contribution is -2.53. The smallest absolute Gasteiger partial charge is 0.324 e. The number of carboxylic acid groups (broad SMARTS) is 1. The van der Waals surface area contributed by atoms with Gasteiger partial charge >= 0.3 is 5.97 Å². The number of ether oxygens (including phenoxy) is 1. The standard InChI is InChI=1S/C19H24N2O6/c1-4-5-8-21-16(23)13-14(17(21)24)19(2,18(25)26)20-15(13)11-7-6-10(27-3)9-12(11)22/h6-7,9,13-15,20,22H,4-5,8H2,1-3H3,(H,25,26)/t13-,14+,15-,19+/m0/s1. The third-order valence-electron chi connectivity index (χ3n) is 5.63. The minimum Gasteiger partial charge on any atom is -0.507 e. The van der Waals surface area contributed by atoms with Gasteiger partial charge in [-0.3, -0.25) is 24.6 Å². The topological polar surface area (TPSA) is 116 Å². The number of rotatable bonds is 6. The van der Waals surface area contributed by atoms with Crippen LogP contribution in [0.2, 0.25) is 0 Å². The molecule has 2 heterocycles. The molecule has 0 unspecified atom stereocenters. The Morgan fingerprint density at radius 3 is 2.59 bits per heavy atom. The Morgan fingerprint density at radius 2 is 2.04 bits per heavy atom. The van der Waals surface area contributed by atoms with Crippen LogP contribution in [0.5, 0.6) is 11.5 Å². The average molecular weight is 376 g/mol. The highest BCUT2D eigenvalue weighted by Crippen LogP contribution is 2.50. The lowest BCUT2D eigenvalue weighted by Gasteiger charge is -2.27. The number of carboxylic acids is 1. The molecule has 0 bridgehead atoms. The van der Waals surface area contributed by atoms with E-state index in [1.165, 1.54) is 25.0 Å². The summed E-state index contributed by atoms with van der Waals surface area (Å²) in [7, 11) is 1.46. The number of unbranched alkanes of at least 4 members (excludes halogenated alkanes) is 1. The Bertz CT molecular complexity index is 794. The van der Waals surface area contributed by atoms with Crippen molar-refractivity contribution in [1.82, 2.24) is 10.2 Å². The Hall–Kier alpha value is -2.61. The van der Waals surface area contributed by atoms with Crippen molar-refractivity contribution in [2.24, 2.45) is 11.8 Å². The number of phenolic OH excluding ortho intramolecular Hbond substituents is 1. The van der Waals surface area contributed by atoms with Crippen molar-refractivity contribution in [3.8, 4) is 11.5 Å². The third-order valence-corrected chi connectivity index (χ3v) is 5.63. The Balaban J connectivity index is 2.05. The average Bonchev–Trinajstić information content (AvgIpc) is 3.08. The summed E-state index contributed by atoms with van der Waals surface area (Å²) in [6.45, 7) is 3.65. The minimum atomic E-state index is -1.60. The second kappa shape index (κ2) is 6.84. The Morgan fingerprint density at radius 1 is 1.33 bits per heavy atom. The van der Waals surface area contributed by atoms with Crippen LogP contribution in [0.1, 0.15) is 38.3 Å². The molecule has 0 aromatic heterocycles. The predicted octanol–water partition coefficient (Wildman–Crippen LogP) is 1.29. The zero-order valence-corrected chi connectivity index (χ0v) is 15.6. The molecule has 4 atom stereocenters. The molecule has 8 nitrogen and oxygen atoms in total. The SMILES string of the molecule is CCCCN1C(=O)[C@@H]2[C@H](c3ccc(OC)cc3O)N[C@@](C)(C(=O)O)[C@H]2C1=O. The summed E-state index contributed by atoms with van der Waals surface area (Å²) in [4.78, 5) is 39.1. The zero-order valence-electron chi connectivity index (χ0n) is 15.6. The number of aromatic hydroxyl groups is 1. The van der Waals surface area contributed by atoms with E-state index in [0.29, 0.717) is 17.7 Å². The van der Waals surface area contributed by atoms with Gasteiger partial charge in [-0.2, -0.15) is 0 Å².